The van der Waals surface area contributed by atoms with Gasteiger partial charge in [-0.25, -0.2) is 4.98 Å². The molecule has 0 aliphatic carbocycles. The highest BCUT2D eigenvalue weighted by Gasteiger charge is 2.58. The lowest BCUT2D eigenvalue weighted by Crippen LogP contribution is -2.76. The summed E-state index contributed by atoms with van der Waals surface area (Å²) in [4.78, 5) is 34.8. The Morgan fingerprint density at radius 1 is 1.24 bits per heavy atom. The van der Waals surface area contributed by atoms with E-state index in [1.54, 1.807) is 18.3 Å². The molecule has 1 fully saturated rings. The molecule has 0 saturated carbocycles. The number of oxime groups is 1. The largest absolute Gasteiger partial charge is 0.490 e. The fourth-order valence-corrected chi connectivity index (χ4v) is 4.96. The number of hydrogen-bond acceptors (Lipinski definition) is 13. The van der Waals surface area contributed by atoms with Crippen LogP contribution in [0.3, 0.4) is 0 Å². The summed E-state index contributed by atoms with van der Waals surface area (Å²) in [5, 5.41) is 12.8. The van der Waals surface area contributed by atoms with Gasteiger partial charge in [0.2, 0.25) is 0 Å². The number of nitrogens with one attached hydrogen (secondary N) is 1. The Kier molecular flexibility index (Phi) is 9.42. The van der Waals surface area contributed by atoms with Crippen molar-refractivity contribution < 1.29 is 36.4 Å². The van der Waals surface area contributed by atoms with Crippen molar-refractivity contribution in [3.05, 3.63) is 47.7 Å². The number of aromatic nitrogens is 3. The number of ether oxygens (including phenoxy) is 1. The van der Waals surface area contributed by atoms with Crippen molar-refractivity contribution in [2.45, 2.75) is 38.4 Å². The highest BCUT2D eigenvalue weighted by molar-refractivity contribution is 7.80. The van der Waals surface area contributed by atoms with Crippen LogP contribution in [0.1, 0.15) is 26.0 Å². The van der Waals surface area contributed by atoms with E-state index in [0.29, 0.717) is 17.4 Å². The molecule has 6 N–H and O–H groups in total. The van der Waals surface area contributed by atoms with Crippen molar-refractivity contribution in [2.24, 2.45) is 10.9 Å². The molecule has 1 aliphatic rings. The molecule has 1 aromatic carbocycles. The van der Waals surface area contributed by atoms with Gasteiger partial charge < -0.3 is 26.4 Å². The molecule has 0 spiro atoms. The number of β-lactam (4-membered cyclic amide) rings is 1. The summed E-state index contributed by atoms with van der Waals surface area (Å²) in [7, 11) is -4.94. The number of nitrogens with two attached hydrogens (primary N) is 2. The van der Waals surface area contributed by atoms with Gasteiger partial charge >= 0.3 is 10.4 Å². The summed E-state index contributed by atoms with van der Waals surface area (Å²) < 4.78 is 42.8. The van der Waals surface area contributed by atoms with E-state index >= 15 is 0 Å². The predicted octanol–water partition coefficient (Wildman–Crippen LogP) is 0.577. The SMILES string of the molecule is CC1(C)C(NC(=O)C(=NOCCOc2ccc(-c3cnn(CCCN)c3)cc2)c2csc(N)n2)C(=O)N1OS(=O)(=O)O. The van der Waals surface area contributed by atoms with Gasteiger partial charge in [0.05, 0.1) is 11.7 Å². The molecule has 1 aliphatic heterocycles. The average Bonchev–Trinajstić information content (AvgIpc) is 3.60. The first-order chi connectivity index (χ1) is 19.9. The van der Waals surface area contributed by atoms with Gasteiger partial charge in [0.1, 0.15) is 24.1 Å². The third-order valence-corrected chi connectivity index (χ3v) is 7.12. The van der Waals surface area contributed by atoms with Gasteiger partial charge in [0.15, 0.2) is 17.5 Å². The van der Waals surface area contributed by atoms with Crippen LogP contribution >= 0.6 is 11.3 Å². The lowest BCUT2D eigenvalue weighted by Gasteiger charge is -2.50. The number of anilines is 1. The zero-order valence-electron chi connectivity index (χ0n) is 22.7. The Morgan fingerprint density at radius 3 is 2.60 bits per heavy atom. The molecule has 18 heteroatoms. The van der Waals surface area contributed by atoms with Gasteiger partial charge in [-0.15, -0.1) is 15.6 Å². The van der Waals surface area contributed by atoms with E-state index < -0.39 is 33.8 Å². The number of aryl methyl sites for hydroxylation is 1. The topological polar surface area (TPSA) is 227 Å². The lowest BCUT2D eigenvalue weighted by atomic mass is 9.84. The number of carbonyl (C=O) groups excluding carboxylic acids is 2. The van der Waals surface area contributed by atoms with Crippen LogP contribution in [-0.2, 0) is 35.7 Å². The van der Waals surface area contributed by atoms with E-state index in [-0.39, 0.29) is 29.8 Å². The van der Waals surface area contributed by atoms with Crippen LogP contribution in [0.5, 0.6) is 5.75 Å². The van der Waals surface area contributed by atoms with Gasteiger partial charge in [-0.2, -0.15) is 18.6 Å². The highest BCUT2D eigenvalue weighted by atomic mass is 32.3. The number of amides is 2. The predicted molar refractivity (Wildman–Crippen MR) is 151 cm³/mol. The molecular weight excluding hydrogens is 592 g/mol. The zero-order valence-corrected chi connectivity index (χ0v) is 24.3. The number of benzene rings is 1. The van der Waals surface area contributed by atoms with Crippen molar-refractivity contribution in [3.63, 3.8) is 0 Å². The molecule has 3 aromatic rings. The Hall–Kier alpha value is -4.10. The van der Waals surface area contributed by atoms with Crippen LogP contribution in [0, 0.1) is 0 Å². The summed E-state index contributed by atoms with van der Waals surface area (Å²) in [6.45, 7) is 4.28. The minimum absolute atomic E-state index is 0.0319. The van der Waals surface area contributed by atoms with Gasteiger partial charge in [0.25, 0.3) is 11.8 Å². The highest BCUT2D eigenvalue weighted by Crippen LogP contribution is 2.33. The zero-order chi connectivity index (χ0) is 30.5. The van der Waals surface area contributed by atoms with E-state index in [4.69, 9.17) is 25.6 Å². The van der Waals surface area contributed by atoms with Crippen LogP contribution in [0.25, 0.3) is 11.1 Å². The van der Waals surface area contributed by atoms with E-state index in [2.05, 4.69) is 24.8 Å². The second-order valence-corrected chi connectivity index (χ2v) is 11.4. The summed E-state index contributed by atoms with van der Waals surface area (Å²) in [5.41, 5.74) is 11.7. The molecule has 0 bridgehead atoms. The minimum atomic E-state index is -4.94. The number of hydroxylamine groups is 2. The van der Waals surface area contributed by atoms with Gasteiger partial charge in [0, 0.05) is 23.7 Å². The van der Waals surface area contributed by atoms with Crippen LogP contribution < -0.4 is 21.5 Å². The standard InChI is InChI=1S/C24H30N8O8S2/c1-24(2)20(22(34)32(24)40-42(35,36)37)29-21(33)19(18-14-41-23(26)28-18)30-39-11-10-38-17-6-4-15(5-7-17)16-12-27-31(13-16)9-3-8-25/h4-7,12-14,20H,3,8-11,25H2,1-2H3,(H2,26,28)(H,29,33)(H,35,36,37). The molecule has 42 heavy (non-hydrogen) atoms. The van der Waals surface area contributed by atoms with Gasteiger partial charge in [-0.1, -0.05) is 17.3 Å². The number of nitrogens with zero attached hydrogens (tertiary/aromatic N) is 5. The third kappa shape index (κ3) is 7.39. The monoisotopic (exact) mass is 622 g/mol. The fraction of sp³-hybridized carbons (Fsp3) is 0.375. The van der Waals surface area contributed by atoms with Crippen molar-refractivity contribution in [1.82, 2.24) is 25.1 Å². The first-order valence-electron chi connectivity index (χ1n) is 12.6. The molecule has 16 nitrogen and oxygen atoms in total. The Balaban J connectivity index is 1.33. The molecule has 4 rings (SSSR count). The second kappa shape index (κ2) is 12.8. The third-order valence-electron chi connectivity index (χ3n) is 6.11. The normalized spacial score (nSPS) is 16.7. The van der Waals surface area contributed by atoms with E-state index in [0.717, 1.165) is 35.4 Å². The van der Waals surface area contributed by atoms with Crippen molar-refractivity contribution in [1.29, 1.82) is 0 Å². The number of carbonyl (C=O) groups is 2. The summed E-state index contributed by atoms with van der Waals surface area (Å²) in [5.74, 6) is -1.14. The number of rotatable bonds is 14. The molecule has 1 atom stereocenters. The van der Waals surface area contributed by atoms with Crippen LogP contribution in [-0.4, -0.2) is 81.7 Å². The Morgan fingerprint density at radius 2 is 1.98 bits per heavy atom. The van der Waals surface area contributed by atoms with Crippen molar-refractivity contribution in [2.75, 3.05) is 25.5 Å². The van der Waals surface area contributed by atoms with Crippen LogP contribution in [0.15, 0.2) is 47.2 Å². The second-order valence-electron chi connectivity index (χ2n) is 9.55. The number of nitrogen functional groups attached to an aromatic ring is 1. The summed E-state index contributed by atoms with van der Waals surface area (Å²) in [6, 6.07) is 6.22. The smallest absolute Gasteiger partial charge is 0.418 e. The van der Waals surface area contributed by atoms with Gasteiger partial charge in [-0.3, -0.25) is 18.8 Å². The van der Waals surface area contributed by atoms with Crippen LogP contribution in [0.2, 0.25) is 0 Å². The molecule has 226 valence electrons. The maximum atomic E-state index is 13.0. The molecule has 2 aromatic heterocycles. The lowest BCUT2D eigenvalue weighted by molar-refractivity contribution is -0.218. The summed E-state index contributed by atoms with van der Waals surface area (Å²) >= 11 is 1.07. The van der Waals surface area contributed by atoms with E-state index in [9.17, 15) is 18.0 Å². The Labute approximate surface area is 245 Å². The molecular formula is C24H30N8O8S2. The molecule has 1 unspecified atom stereocenters. The van der Waals surface area contributed by atoms with Crippen molar-refractivity contribution >= 4 is 44.4 Å². The van der Waals surface area contributed by atoms with Gasteiger partial charge in [-0.05, 0) is 44.5 Å². The van der Waals surface area contributed by atoms with Crippen LogP contribution in [0.4, 0.5) is 5.13 Å². The van der Waals surface area contributed by atoms with Crippen molar-refractivity contribution in [3.8, 4) is 16.9 Å². The number of hydrogen-bond donors (Lipinski definition) is 4. The van der Waals surface area contributed by atoms with E-state index in [1.807, 2.05) is 23.0 Å². The molecule has 1 saturated heterocycles. The maximum Gasteiger partial charge on any atom is 0.418 e. The molecule has 2 amide bonds. The first-order valence-corrected chi connectivity index (χ1v) is 14.8. The fourth-order valence-electron chi connectivity index (χ4n) is 3.96. The maximum absolute atomic E-state index is 13.0. The quantitative estimate of drug-likeness (QED) is 0.0636. The number of thiazole rings is 1. The van der Waals surface area contributed by atoms with E-state index in [1.165, 1.54) is 19.2 Å². The first kappa shape index (κ1) is 30.8. The molecule has 0 radical (unpaired) electrons. The Bertz CT molecular complexity index is 1550. The summed E-state index contributed by atoms with van der Waals surface area (Å²) in [6.07, 6.45) is 4.58. The minimum Gasteiger partial charge on any atom is -0.490 e. The average molecular weight is 623 g/mol. The molecule has 3 heterocycles.